The molecular formula is C23H18F3N3O2S. The molecule has 0 aliphatic heterocycles. The average molecular weight is 457 g/mol. The molecule has 2 aromatic heterocycles. The third-order valence-electron chi connectivity index (χ3n) is 4.93. The van der Waals surface area contributed by atoms with Crippen molar-refractivity contribution in [2.24, 2.45) is 0 Å². The first-order chi connectivity index (χ1) is 15.2. The summed E-state index contributed by atoms with van der Waals surface area (Å²) in [5.41, 5.74) is -1.75. The molecule has 0 unspecified atom stereocenters. The normalized spacial score (nSPS) is 11.6. The van der Waals surface area contributed by atoms with E-state index >= 15 is 0 Å². The second-order valence-corrected chi connectivity index (χ2v) is 8.21. The SMILES string of the molecule is Cc1c(O)n(-c2ccc(SC(F)(F)F)cc2)c(=O)n1Cc1ccnc(-c2ccccc2)c1. The lowest BCUT2D eigenvalue weighted by Crippen LogP contribution is -2.24. The van der Waals surface area contributed by atoms with E-state index in [1.54, 1.807) is 19.2 Å². The van der Waals surface area contributed by atoms with Gasteiger partial charge in [0.1, 0.15) is 0 Å². The number of nitrogens with zero attached hydrogens (tertiary/aromatic N) is 3. The molecule has 4 aromatic rings. The maximum atomic E-state index is 13.0. The summed E-state index contributed by atoms with van der Waals surface area (Å²) >= 11 is -0.238. The van der Waals surface area contributed by atoms with Gasteiger partial charge >= 0.3 is 11.2 Å². The Hall–Kier alpha value is -3.46. The number of hydrogen-bond donors (Lipinski definition) is 1. The lowest BCUT2D eigenvalue weighted by molar-refractivity contribution is -0.0328. The van der Waals surface area contributed by atoms with Crippen molar-refractivity contribution < 1.29 is 18.3 Å². The van der Waals surface area contributed by atoms with Gasteiger partial charge in [0, 0.05) is 16.7 Å². The highest BCUT2D eigenvalue weighted by atomic mass is 32.2. The summed E-state index contributed by atoms with van der Waals surface area (Å²) in [4.78, 5) is 17.4. The molecule has 0 saturated carbocycles. The van der Waals surface area contributed by atoms with E-state index in [9.17, 15) is 23.1 Å². The monoisotopic (exact) mass is 457 g/mol. The highest BCUT2D eigenvalue weighted by Crippen LogP contribution is 2.37. The topological polar surface area (TPSA) is 60.1 Å². The predicted octanol–water partition coefficient (Wildman–Crippen LogP) is 5.38. The minimum Gasteiger partial charge on any atom is -0.493 e. The minimum atomic E-state index is -4.40. The zero-order chi connectivity index (χ0) is 22.9. The third kappa shape index (κ3) is 4.57. The van der Waals surface area contributed by atoms with Gasteiger partial charge in [0.25, 0.3) is 0 Å². The molecular weight excluding hydrogens is 439 g/mol. The standard InChI is InChI=1S/C23H18F3N3O2S/c1-15-21(30)29(18-7-9-19(10-8-18)32-23(24,25)26)22(31)28(15)14-16-11-12-27-20(13-16)17-5-3-2-4-6-17/h2-13,30H,14H2,1H3. The first kappa shape index (κ1) is 21.8. The van der Waals surface area contributed by atoms with Gasteiger partial charge in [-0.15, -0.1) is 0 Å². The van der Waals surface area contributed by atoms with Crippen LogP contribution in [-0.2, 0) is 6.54 Å². The van der Waals surface area contributed by atoms with Crippen molar-refractivity contribution in [2.45, 2.75) is 23.9 Å². The van der Waals surface area contributed by atoms with Gasteiger partial charge < -0.3 is 5.11 Å². The summed E-state index contributed by atoms with van der Waals surface area (Å²) in [6.45, 7) is 1.82. The number of thioether (sulfide) groups is 1. The number of pyridine rings is 1. The average Bonchev–Trinajstić information content (AvgIpc) is 2.97. The molecule has 2 heterocycles. The zero-order valence-corrected chi connectivity index (χ0v) is 17.7. The Morgan fingerprint density at radius 1 is 1.03 bits per heavy atom. The van der Waals surface area contributed by atoms with Crippen LogP contribution in [0.5, 0.6) is 5.88 Å². The fraction of sp³-hybridized carbons (Fsp3) is 0.130. The molecule has 0 amide bonds. The van der Waals surface area contributed by atoms with Crippen molar-refractivity contribution >= 4 is 11.8 Å². The first-order valence-corrected chi connectivity index (χ1v) is 10.4. The highest BCUT2D eigenvalue weighted by molar-refractivity contribution is 8.00. The van der Waals surface area contributed by atoms with Crippen LogP contribution in [0.3, 0.4) is 0 Å². The smallest absolute Gasteiger partial charge is 0.446 e. The second kappa shape index (κ2) is 8.58. The second-order valence-electron chi connectivity index (χ2n) is 7.07. The van der Waals surface area contributed by atoms with Crippen molar-refractivity contribution in [3.63, 3.8) is 0 Å². The fourth-order valence-corrected chi connectivity index (χ4v) is 3.91. The van der Waals surface area contributed by atoms with E-state index in [4.69, 9.17) is 0 Å². The van der Waals surface area contributed by atoms with Gasteiger partial charge in [-0.1, -0.05) is 30.3 Å². The summed E-state index contributed by atoms with van der Waals surface area (Å²) in [6, 6.07) is 18.5. The molecule has 0 bridgehead atoms. The lowest BCUT2D eigenvalue weighted by atomic mass is 10.1. The molecule has 0 radical (unpaired) electrons. The number of aromatic hydroxyl groups is 1. The zero-order valence-electron chi connectivity index (χ0n) is 16.9. The number of aromatic nitrogens is 3. The van der Waals surface area contributed by atoms with Crippen molar-refractivity contribution in [3.05, 3.63) is 94.7 Å². The molecule has 4 rings (SSSR count). The molecule has 0 fully saturated rings. The number of hydrogen-bond acceptors (Lipinski definition) is 4. The number of halogens is 3. The van der Waals surface area contributed by atoms with Crippen molar-refractivity contribution in [3.8, 4) is 22.8 Å². The van der Waals surface area contributed by atoms with Crippen LogP contribution >= 0.6 is 11.8 Å². The van der Waals surface area contributed by atoms with Crippen LogP contribution in [0.15, 0.2) is 82.6 Å². The highest BCUT2D eigenvalue weighted by Gasteiger charge is 2.29. The molecule has 164 valence electrons. The van der Waals surface area contributed by atoms with Gasteiger partial charge in [0.2, 0.25) is 5.88 Å². The van der Waals surface area contributed by atoms with Crippen LogP contribution in [0.2, 0.25) is 0 Å². The van der Waals surface area contributed by atoms with E-state index in [1.807, 2.05) is 36.4 Å². The quantitative estimate of drug-likeness (QED) is 0.409. The van der Waals surface area contributed by atoms with Crippen molar-refractivity contribution in [2.75, 3.05) is 0 Å². The number of benzene rings is 2. The molecule has 32 heavy (non-hydrogen) atoms. The van der Waals surface area contributed by atoms with Crippen LogP contribution in [0.4, 0.5) is 13.2 Å². The molecule has 0 saturated heterocycles. The van der Waals surface area contributed by atoms with E-state index in [2.05, 4.69) is 4.98 Å². The Morgan fingerprint density at radius 2 is 1.72 bits per heavy atom. The predicted molar refractivity (Wildman–Crippen MR) is 117 cm³/mol. The Labute approximate surface area is 185 Å². The van der Waals surface area contributed by atoms with Gasteiger partial charge in [0.05, 0.1) is 23.6 Å². The van der Waals surface area contributed by atoms with Crippen molar-refractivity contribution in [1.29, 1.82) is 0 Å². The fourth-order valence-electron chi connectivity index (χ4n) is 3.38. The Kier molecular flexibility index (Phi) is 5.84. The van der Waals surface area contributed by atoms with Gasteiger partial charge in [0.15, 0.2) is 0 Å². The minimum absolute atomic E-state index is 0.00447. The number of rotatable bonds is 5. The summed E-state index contributed by atoms with van der Waals surface area (Å²) in [5, 5.41) is 10.6. The van der Waals surface area contributed by atoms with Gasteiger partial charge in [-0.05, 0) is 60.6 Å². The molecule has 9 heteroatoms. The molecule has 0 aliphatic carbocycles. The van der Waals surface area contributed by atoms with Crippen LogP contribution < -0.4 is 5.69 Å². The Balaban J connectivity index is 1.65. The summed E-state index contributed by atoms with van der Waals surface area (Å²) in [6.07, 6.45) is 1.66. The van der Waals surface area contributed by atoms with E-state index < -0.39 is 11.2 Å². The van der Waals surface area contributed by atoms with Crippen LogP contribution in [0.1, 0.15) is 11.3 Å². The lowest BCUT2D eigenvalue weighted by Gasteiger charge is -2.07. The van der Waals surface area contributed by atoms with Gasteiger partial charge in [-0.25, -0.2) is 9.36 Å². The Bertz CT molecular complexity index is 1300. The largest absolute Gasteiger partial charge is 0.493 e. The number of alkyl halides is 3. The van der Waals surface area contributed by atoms with Crippen LogP contribution in [0, 0.1) is 6.92 Å². The summed E-state index contributed by atoms with van der Waals surface area (Å²) in [5.74, 6) is -0.261. The van der Waals surface area contributed by atoms with E-state index in [-0.39, 0.29) is 34.8 Å². The summed E-state index contributed by atoms with van der Waals surface area (Å²) in [7, 11) is 0. The molecule has 1 N–H and O–H groups in total. The Morgan fingerprint density at radius 3 is 2.38 bits per heavy atom. The van der Waals surface area contributed by atoms with E-state index in [0.29, 0.717) is 5.69 Å². The maximum Gasteiger partial charge on any atom is 0.446 e. The van der Waals surface area contributed by atoms with Crippen LogP contribution in [0.25, 0.3) is 16.9 Å². The molecule has 0 spiro atoms. The maximum absolute atomic E-state index is 13.0. The summed E-state index contributed by atoms with van der Waals surface area (Å²) < 4.78 is 40.2. The first-order valence-electron chi connectivity index (χ1n) is 9.60. The van der Waals surface area contributed by atoms with Crippen molar-refractivity contribution in [1.82, 2.24) is 14.1 Å². The third-order valence-corrected chi connectivity index (χ3v) is 5.66. The number of imidazole rings is 1. The molecule has 2 aromatic carbocycles. The molecule has 5 nitrogen and oxygen atoms in total. The molecule has 0 atom stereocenters. The van der Waals surface area contributed by atoms with E-state index in [1.165, 1.54) is 28.8 Å². The van der Waals surface area contributed by atoms with E-state index in [0.717, 1.165) is 21.4 Å². The van der Waals surface area contributed by atoms with Gasteiger partial charge in [-0.2, -0.15) is 13.2 Å². The molecule has 0 aliphatic rings. The van der Waals surface area contributed by atoms with Crippen LogP contribution in [-0.4, -0.2) is 24.7 Å². The van der Waals surface area contributed by atoms with Gasteiger partial charge in [-0.3, -0.25) is 9.55 Å².